The summed E-state index contributed by atoms with van der Waals surface area (Å²) in [6.45, 7) is 0.197. The van der Waals surface area contributed by atoms with Crippen molar-refractivity contribution >= 4 is 17.3 Å². The van der Waals surface area contributed by atoms with Crippen LogP contribution in [-0.4, -0.2) is 38.7 Å². The number of rotatable bonds is 6. The number of carbonyl (C=O) groups is 1. The van der Waals surface area contributed by atoms with Crippen molar-refractivity contribution in [2.45, 2.75) is 6.42 Å². The second-order valence-corrected chi connectivity index (χ2v) is 3.98. The number of benzene rings is 1. The number of anilines is 1. The van der Waals surface area contributed by atoms with Crippen LogP contribution in [0.25, 0.3) is 0 Å². The Morgan fingerprint density at radius 2 is 2.10 bits per heavy atom. The molecule has 1 aromatic carbocycles. The summed E-state index contributed by atoms with van der Waals surface area (Å²) in [4.78, 5) is 22.8. The van der Waals surface area contributed by atoms with Gasteiger partial charge in [0.15, 0.2) is 11.6 Å². The van der Waals surface area contributed by atoms with Gasteiger partial charge in [0.05, 0.1) is 31.6 Å². The molecule has 8 heteroatoms. The number of ether oxygens (including phenoxy) is 2. The van der Waals surface area contributed by atoms with Crippen LogP contribution in [0, 0.1) is 15.9 Å². The standard InChI is InChI=1S/C12H15FN2O5/c1-14(5-4-12(16)20-3)9-7-11(19-2)8(13)6-10(9)15(17)18/h6-7H,4-5H2,1-3H3. The summed E-state index contributed by atoms with van der Waals surface area (Å²) in [6.07, 6.45) is 0.0594. The quantitative estimate of drug-likeness (QED) is 0.450. The van der Waals surface area contributed by atoms with Crippen molar-refractivity contribution in [1.82, 2.24) is 0 Å². The Morgan fingerprint density at radius 1 is 1.45 bits per heavy atom. The molecular formula is C12H15FN2O5. The lowest BCUT2D eigenvalue weighted by Crippen LogP contribution is -2.22. The first-order chi connectivity index (χ1) is 9.40. The van der Waals surface area contributed by atoms with E-state index in [0.29, 0.717) is 0 Å². The minimum Gasteiger partial charge on any atom is -0.494 e. The van der Waals surface area contributed by atoms with Gasteiger partial charge < -0.3 is 14.4 Å². The molecule has 0 radical (unpaired) electrons. The van der Waals surface area contributed by atoms with Crippen LogP contribution >= 0.6 is 0 Å². The zero-order valence-electron chi connectivity index (χ0n) is 11.4. The summed E-state index contributed by atoms with van der Waals surface area (Å²) in [5.74, 6) is -1.35. The van der Waals surface area contributed by atoms with E-state index in [-0.39, 0.29) is 24.4 Å². The van der Waals surface area contributed by atoms with Crippen LogP contribution in [0.15, 0.2) is 12.1 Å². The predicted molar refractivity (Wildman–Crippen MR) is 69.5 cm³/mol. The summed E-state index contributed by atoms with van der Waals surface area (Å²) >= 11 is 0. The van der Waals surface area contributed by atoms with Crippen LogP contribution in [0.5, 0.6) is 5.75 Å². The molecule has 0 aliphatic carbocycles. The van der Waals surface area contributed by atoms with Crippen LogP contribution in [0.1, 0.15) is 6.42 Å². The number of nitro benzene ring substituents is 1. The highest BCUT2D eigenvalue weighted by Crippen LogP contribution is 2.33. The zero-order chi connectivity index (χ0) is 15.3. The van der Waals surface area contributed by atoms with Gasteiger partial charge in [-0.25, -0.2) is 4.39 Å². The van der Waals surface area contributed by atoms with Crippen molar-refractivity contribution < 1.29 is 23.6 Å². The van der Waals surface area contributed by atoms with Gasteiger partial charge in [0.1, 0.15) is 5.69 Å². The van der Waals surface area contributed by atoms with E-state index in [1.165, 1.54) is 25.2 Å². The minimum atomic E-state index is -0.815. The van der Waals surface area contributed by atoms with Crippen molar-refractivity contribution in [3.05, 3.63) is 28.1 Å². The fraction of sp³-hybridized carbons (Fsp3) is 0.417. The topological polar surface area (TPSA) is 81.9 Å². The highest BCUT2D eigenvalue weighted by Gasteiger charge is 2.22. The first-order valence-electron chi connectivity index (χ1n) is 5.70. The largest absolute Gasteiger partial charge is 0.494 e. The van der Waals surface area contributed by atoms with Crippen molar-refractivity contribution in [1.29, 1.82) is 0 Å². The Morgan fingerprint density at radius 3 is 2.60 bits per heavy atom. The van der Waals surface area contributed by atoms with Crippen molar-refractivity contribution in [3.63, 3.8) is 0 Å². The predicted octanol–water partition coefficient (Wildman–Crippen LogP) is 1.74. The van der Waals surface area contributed by atoms with Gasteiger partial charge in [0.2, 0.25) is 0 Å². The maximum Gasteiger partial charge on any atom is 0.307 e. The second-order valence-electron chi connectivity index (χ2n) is 3.98. The summed E-state index contributed by atoms with van der Waals surface area (Å²) in [6, 6.07) is 2.02. The number of carbonyl (C=O) groups excluding carboxylic acids is 1. The molecule has 0 saturated heterocycles. The molecule has 0 saturated carbocycles. The molecule has 110 valence electrons. The summed E-state index contributed by atoms with van der Waals surface area (Å²) in [7, 11) is 4.08. The Kier molecular flexibility index (Phi) is 5.24. The third-order valence-corrected chi connectivity index (χ3v) is 2.74. The molecule has 20 heavy (non-hydrogen) atoms. The van der Waals surface area contributed by atoms with Gasteiger partial charge in [-0.3, -0.25) is 14.9 Å². The number of halogens is 1. The SMILES string of the molecule is COC(=O)CCN(C)c1cc(OC)c(F)cc1[N+](=O)[O-]. The highest BCUT2D eigenvalue weighted by atomic mass is 19.1. The van der Waals surface area contributed by atoms with Gasteiger partial charge >= 0.3 is 5.97 Å². The van der Waals surface area contributed by atoms with Crippen LogP contribution in [-0.2, 0) is 9.53 Å². The van der Waals surface area contributed by atoms with Gasteiger partial charge in [-0.15, -0.1) is 0 Å². The third kappa shape index (κ3) is 3.56. The fourth-order valence-corrected chi connectivity index (χ4v) is 1.62. The van der Waals surface area contributed by atoms with Gasteiger partial charge in [-0.2, -0.15) is 0 Å². The number of esters is 1. The van der Waals surface area contributed by atoms with E-state index < -0.39 is 22.4 Å². The molecule has 0 bridgehead atoms. The second kappa shape index (κ2) is 6.69. The van der Waals surface area contributed by atoms with E-state index in [0.717, 1.165) is 6.07 Å². The van der Waals surface area contributed by atoms with Crippen molar-refractivity contribution in [2.75, 3.05) is 32.7 Å². The van der Waals surface area contributed by atoms with Crippen LogP contribution in [0.3, 0.4) is 0 Å². The lowest BCUT2D eigenvalue weighted by molar-refractivity contribution is -0.384. The molecule has 1 rings (SSSR count). The summed E-state index contributed by atoms with van der Waals surface area (Å²) < 4.78 is 22.8. The molecule has 0 N–H and O–H groups in total. The average molecular weight is 286 g/mol. The molecular weight excluding hydrogens is 271 g/mol. The van der Waals surface area contributed by atoms with Crippen molar-refractivity contribution in [3.8, 4) is 5.75 Å². The zero-order valence-corrected chi connectivity index (χ0v) is 11.4. The number of methoxy groups -OCH3 is 2. The number of hydrogen-bond donors (Lipinski definition) is 0. The smallest absolute Gasteiger partial charge is 0.307 e. The fourth-order valence-electron chi connectivity index (χ4n) is 1.62. The minimum absolute atomic E-state index is 0.0594. The maximum atomic E-state index is 13.5. The third-order valence-electron chi connectivity index (χ3n) is 2.74. The molecule has 0 aromatic heterocycles. The lowest BCUT2D eigenvalue weighted by atomic mass is 10.2. The maximum absolute atomic E-state index is 13.5. The summed E-state index contributed by atoms with van der Waals surface area (Å²) in [5.41, 5.74) is -0.229. The molecule has 7 nitrogen and oxygen atoms in total. The average Bonchev–Trinajstić information content (AvgIpc) is 2.43. The first kappa shape index (κ1) is 15.7. The van der Waals surface area contributed by atoms with E-state index in [1.807, 2.05) is 0 Å². The number of nitro groups is 1. The monoisotopic (exact) mass is 286 g/mol. The molecule has 1 aromatic rings. The Labute approximate surface area is 115 Å². The van der Waals surface area contributed by atoms with Crippen LogP contribution < -0.4 is 9.64 Å². The molecule has 0 aliphatic rings. The van der Waals surface area contributed by atoms with E-state index in [9.17, 15) is 19.3 Å². The van der Waals surface area contributed by atoms with E-state index in [1.54, 1.807) is 7.05 Å². The van der Waals surface area contributed by atoms with Gasteiger partial charge in [0, 0.05) is 19.7 Å². The first-order valence-corrected chi connectivity index (χ1v) is 5.70. The van der Waals surface area contributed by atoms with Crippen molar-refractivity contribution in [2.24, 2.45) is 0 Å². The van der Waals surface area contributed by atoms with Gasteiger partial charge in [-0.05, 0) is 0 Å². The number of hydrogen-bond acceptors (Lipinski definition) is 6. The van der Waals surface area contributed by atoms with Crippen LogP contribution in [0.2, 0.25) is 0 Å². The molecule has 0 unspecified atom stereocenters. The highest BCUT2D eigenvalue weighted by molar-refractivity contribution is 5.71. The van der Waals surface area contributed by atoms with Crippen LogP contribution in [0.4, 0.5) is 15.8 Å². The van der Waals surface area contributed by atoms with E-state index in [4.69, 9.17) is 4.74 Å². The summed E-state index contributed by atoms with van der Waals surface area (Å²) in [5, 5.41) is 11.0. The number of nitrogens with zero attached hydrogens (tertiary/aromatic N) is 2. The normalized spacial score (nSPS) is 10.0. The van der Waals surface area contributed by atoms with Gasteiger partial charge in [-0.1, -0.05) is 0 Å². The Balaban J connectivity index is 3.07. The molecule has 0 atom stereocenters. The lowest BCUT2D eigenvalue weighted by Gasteiger charge is -2.19. The Bertz CT molecular complexity index is 521. The molecule has 0 fully saturated rings. The van der Waals surface area contributed by atoms with Gasteiger partial charge in [0.25, 0.3) is 5.69 Å². The molecule has 0 aliphatic heterocycles. The molecule has 0 heterocycles. The molecule has 0 spiro atoms. The Hall–Kier alpha value is -2.38. The van der Waals surface area contributed by atoms with E-state index >= 15 is 0 Å². The van der Waals surface area contributed by atoms with E-state index in [2.05, 4.69) is 4.74 Å². The molecule has 0 amide bonds.